The fraction of sp³-hybridized carbons (Fsp3) is 0.261. The Bertz CT molecular complexity index is 930. The SMILES string of the molecule is COc1ccc(N2CCN(c3ccc(N)nc3-c3ccc(C)cc3)CC2)cc1. The van der Waals surface area contributed by atoms with Crippen LogP contribution in [0, 0.1) is 6.92 Å². The maximum atomic E-state index is 6.00. The zero-order chi connectivity index (χ0) is 19.5. The molecule has 0 amide bonds. The average molecular weight is 374 g/mol. The van der Waals surface area contributed by atoms with Gasteiger partial charge in [-0.3, -0.25) is 0 Å². The molecule has 0 spiro atoms. The van der Waals surface area contributed by atoms with Crippen LogP contribution in [0.4, 0.5) is 17.2 Å². The lowest BCUT2D eigenvalue weighted by Gasteiger charge is -2.38. The molecule has 0 radical (unpaired) electrons. The van der Waals surface area contributed by atoms with E-state index >= 15 is 0 Å². The Labute approximate surface area is 166 Å². The average Bonchev–Trinajstić information content (AvgIpc) is 2.74. The predicted molar refractivity (Wildman–Crippen MR) is 116 cm³/mol. The summed E-state index contributed by atoms with van der Waals surface area (Å²) in [6.45, 7) is 5.90. The summed E-state index contributed by atoms with van der Waals surface area (Å²) in [5.74, 6) is 1.44. The van der Waals surface area contributed by atoms with Gasteiger partial charge >= 0.3 is 0 Å². The lowest BCUT2D eigenvalue weighted by atomic mass is 10.1. The molecule has 0 aliphatic carbocycles. The first-order valence-electron chi connectivity index (χ1n) is 9.61. The van der Waals surface area contributed by atoms with Crippen LogP contribution < -0.4 is 20.3 Å². The monoisotopic (exact) mass is 374 g/mol. The topological polar surface area (TPSA) is 54.6 Å². The Balaban J connectivity index is 1.53. The lowest BCUT2D eigenvalue weighted by molar-refractivity contribution is 0.415. The molecular weight excluding hydrogens is 348 g/mol. The van der Waals surface area contributed by atoms with Crippen molar-refractivity contribution in [2.75, 3.05) is 48.8 Å². The van der Waals surface area contributed by atoms with E-state index in [0.29, 0.717) is 5.82 Å². The number of nitrogen functional groups attached to an aromatic ring is 1. The van der Waals surface area contributed by atoms with Crippen molar-refractivity contribution in [3.05, 3.63) is 66.2 Å². The van der Waals surface area contributed by atoms with Gasteiger partial charge in [0, 0.05) is 37.4 Å². The summed E-state index contributed by atoms with van der Waals surface area (Å²) >= 11 is 0. The molecule has 5 nitrogen and oxygen atoms in total. The first-order valence-corrected chi connectivity index (χ1v) is 9.61. The number of ether oxygens (including phenoxy) is 1. The highest BCUT2D eigenvalue weighted by Gasteiger charge is 2.21. The third-order valence-corrected chi connectivity index (χ3v) is 5.28. The fourth-order valence-electron chi connectivity index (χ4n) is 3.64. The number of benzene rings is 2. The maximum Gasteiger partial charge on any atom is 0.124 e. The molecule has 1 aliphatic heterocycles. The molecule has 3 aromatic rings. The fourth-order valence-corrected chi connectivity index (χ4v) is 3.64. The van der Waals surface area contributed by atoms with Crippen molar-refractivity contribution >= 4 is 17.2 Å². The Morgan fingerprint density at radius 3 is 2.11 bits per heavy atom. The Kier molecular flexibility index (Phi) is 5.06. The molecule has 1 aromatic heterocycles. The molecular formula is C23H26N4O. The Morgan fingerprint density at radius 2 is 1.46 bits per heavy atom. The van der Waals surface area contributed by atoms with E-state index in [1.54, 1.807) is 7.11 Å². The Morgan fingerprint density at radius 1 is 0.821 bits per heavy atom. The summed E-state index contributed by atoms with van der Waals surface area (Å²) in [7, 11) is 1.69. The largest absolute Gasteiger partial charge is 0.497 e. The molecule has 0 unspecified atom stereocenters. The van der Waals surface area contributed by atoms with E-state index in [4.69, 9.17) is 10.5 Å². The van der Waals surface area contributed by atoms with Crippen LogP contribution in [0.15, 0.2) is 60.7 Å². The van der Waals surface area contributed by atoms with Crippen molar-refractivity contribution in [1.82, 2.24) is 4.98 Å². The number of hydrogen-bond donors (Lipinski definition) is 1. The zero-order valence-corrected chi connectivity index (χ0v) is 16.4. The molecule has 0 bridgehead atoms. The molecule has 4 rings (SSSR count). The van der Waals surface area contributed by atoms with Gasteiger partial charge < -0.3 is 20.3 Å². The van der Waals surface area contributed by atoms with E-state index in [-0.39, 0.29) is 0 Å². The van der Waals surface area contributed by atoms with Crippen molar-refractivity contribution in [2.24, 2.45) is 0 Å². The molecule has 1 saturated heterocycles. The van der Waals surface area contributed by atoms with E-state index in [1.165, 1.54) is 11.3 Å². The molecule has 1 aliphatic rings. The minimum atomic E-state index is 0.552. The van der Waals surface area contributed by atoms with Gasteiger partial charge in [-0.15, -0.1) is 0 Å². The van der Waals surface area contributed by atoms with E-state index in [9.17, 15) is 0 Å². The van der Waals surface area contributed by atoms with Gasteiger partial charge in [-0.05, 0) is 43.3 Å². The number of nitrogens with zero attached hydrogens (tertiary/aromatic N) is 3. The van der Waals surface area contributed by atoms with Crippen LogP contribution in [0.25, 0.3) is 11.3 Å². The van der Waals surface area contributed by atoms with Gasteiger partial charge in [0.1, 0.15) is 11.6 Å². The number of rotatable bonds is 4. The normalized spacial score (nSPS) is 14.2. The van der Waals surface area contributed by atoms with Crippen LogP contribution in [0.1, 0.15) is 5.56 Å². The van der Waals surface area contributed by atoms with Crippen LogP contribution in [0.3, 0.4) is 0 Å². The zero-order valence-electron chi connectivity index (χ0n) is 16.4. The van der Waals surface area contributed by atoms with Gasteiger partial charge in [0.15, 0.2) is 0 Å². The number of aryl methyl sites for hydroxylation is 1. The number of piperazine rings is 1. The molecule has 2 N–H and O–H groups in total. The molecule has 0 atom stereocenters. The van der Waals surface area contributed by atoms with E-state index in [0.717, 1.165) is 48.9 Å². The van der Waals surface area contributed by atoms with Crippen molar-refractivity contribution in [3.8, 4) is 17.0 Å². The number of methoxy groups -OCH3 is 1. The van der Waals surface area contributed by atoms with E-state index in [2.05, 4.69) is 64.2 Å². The molecule has 2 heterocycles. The molecule has 144 valence electrons. The third kappa shape index (κ3) is 3.74. The van der Waals surface area contributed by atoms with Crippen molar-refractivity contribution < 1.29 is 4.74 Å². The van der Waals surface area contributed by atoms with Crippen LogP contribution in [0.5, 0.6) is 5.75 Å². The quantitative estimate of drug-likeness (QED) is 0.749. The summed E-state index contributed by atoms with van der Waals surface area (Å²) in [5, 5.41) is 0. The van der Waals surface area contributed by atoms with Gasteiger partial charge in [-0.2, -0.15) is 0 Å². The highest BCUT2D eigenvalue weighted by molar-refractivity contribution is 5.77. The number of nitrogens with two attached hydrogens (primary N) is 1. The van der Waals surface area contributed by atoms with E-state index in [1.807, 2.05) is 18.2 Å². The molecule has 28 heavy (non-hydrogen) atoms. The third-order valence-electron chi connectivity index (χ3n) is 5.28. The van der Waals surface area contributed by atoms with Gasteiger partial charge in [-0.25, -0.2) is 4.98 Å². The molecule has 5 heteroatoms. The number of aromatic nitrogens is 1. The van der Waals surface area contributed by atoms with E-state index < -0.39 is 0 Å². The molecule has 0 saturated carbocycles. The number of anilines is 3. The lowest BCUT2D eigenvalue weighted by Crippen LogP contribution is -2.46. The first kappa shape index (κ1) is 18.2. The van der Waals surface area contributed by atoms with Crippen LogP contribution >= 0.6 is 0 Å². The second-order valence-electron chi connectivity index (χ2n) is 7.14. The van der Waals surface area contributed by atoms with Crippen LogP contribution in [0.2, 0.25) is 0 Å². The first-order chi connectivity index (χ1) is 13.6. The van der Waals surface area contributed by atoms with Gasteiger partial charge in [0.05, 0.1) is 18.5 Å². The van der Waals surface area contributed by atoms with Crippen LogP contribution in [-0.2, 0) is 0 Å². The summed E-state index contributed by atoms with van der Waals surface area (Å²) in [6, 6.07) is 20.7. The van der Waals surface area contributed by atoms with Crippen molar-refractivity contribution in [2.45, 2.75) is 6.92 Å². The summed E-state index contributed by atoms with van der Waals surface area (Å²) < 4.78 is 5.26. The smallest absolute Gasteiger partial charge is 0.124 e. The van der Waals surface area contributed by atoms with Gasteiger partial charge in [0.2, 0.25) is 0 Å². The molecule has 1 fully saturated rings. The standard InChI is InChI=1S/C23H26N4O/c1-17-3-5-18(6-4-17)23-21(11-12-22(24)25-23)27-15-13-26(14-16-27)19-7-9-20(28-2)10-8-19/h3-12H,13-16H2,1-2H3,(H2,24,25). The predicted octanol–water partition coefficient (Wildman–Crippen LogP) is 3.97. The summed E-state index contributed by atoms with van der Waals surface area (Å²) in [6.07, 6.45) is 0. The number of pyridine rings is 1. The second kappa shape index (κ2) is 7.80. The number of hydrogen-bond acceptors (Lipinski definition) is 5. The summed E-state index contributed by atoms with van der Waals surface area (Å²) in [4.78, 5) is 9.47. The molecule has 2 aromatic carbocycles. The van der Waals surface area contributed by atoms with Gasteiger partial charge in [-0.1, -0.05) is 29.8 Å². The minimum Gasteiger partial charge on any atom is -0.497 e. The second-order valence-corrected chi connectivity index (χ2v) is 7.14. The summed E-state index contributed by atoms with van der Waals surface area (Å²) in [5.41, 5.74) is 11.7. The Hall–Kier alpha value is -3.21. The van der Waals surface area contributed by atoms with Crippen LogP contribution in [-0.4, -0.2) is 38.3 Å². The maximum absolute atomic E-state index is 6.00. The van der Waals surface area contributed by atoms with Gasteiger partial charge in [0.25, 0.3) is 0 Å². The highest BCUT2D eigenvalue weighted by atomic mass is 16.5. The van der Waals surface area contributed by atoms with Crippen molar-refractivity contribution in [3.63, 3.8) is 0 Å². The minimum absolute atomic E-state index is 0.552. The van der Waals surface area contributed by atoms with Crippen molar-refractivity contribution in [1.29, 1.82) is 0 Å². The highest BCUT2D eigenvalue weighted by Crippen LogP contribution is 2.31.